The summed E-state index contributed by atoms with van der Waals surface area (Å²) in [5.74, 6) is 0. The minimum Gasteiger partial charge on any atom is -0.313 e. The van der Waals surface area contributed by atoms with Gasteiger partial charge in [0.1, 0.15) is 0 Å². The average molecular weight is 375 g/mol. The van der Waals surface area contributed by atoms with Crippen molar-refractivity contribution in [3.63, 3.8) is 0 Å². The first-order chi connectivity index (χ1) is 8.20. The molecule has 0 spiro atoms. The lowest BCUT2D eigenvalue weighted by atomic mass is 10.0. The van der Waals surface area contributed by atoms with Crippen molar-refractivity contribution in [2.75, 3.05) is 7.05 Å². The fraction of sp³-hybridized carbons (Fsp3) is 0.231. The van der Waals surface area contributed by atoms with Crippen LogP contribution in [0, 0.1) is 0 Å². The summed E-state index contributed by atoms with van der Waals surface area (Å²) in [4.78, 5) is 1.38. The Morgan fingerprint density at radius 1 is 1.18 bits per heavy atom. The molecule has 1 unspecified atom stereocenters. The first kappa shape index (κ1) is 13.3. The molecule has 2 rings (SSSR count). The quantitative estimate of drug-likeness (QED) is 0.812. The molecule has 2 aromatic rings. The first-order valence-electron chi connectivity index (χ1n) is 5.36. The van der Waals surface area contributed by atoms with Crippen molar-refractivity contribution in [2.45, 2.75) is 12.5 Å². The van der Waals surface area contributed by atoms with Crippen LogP contribution in [0.2, 0.25) is 0 Å². The van der Waals surface area contributed by atoms with Crippen LogP contribution >= 0.6 is 43.2 Å². The Morgan fingerprint density at radius 3 is 2.53 bits per heavy atom. The van der Waals surface area contributed by atoms with Crippen LogP contribution in [-0.4, -0.2) is 7.05 Å². The smallest absolute Gasteiger partial charge is 0.0701 e. The number of likely N-dealkylation sites (N-methyl/N-ethyl adjacent to an activating group) is 1. The standard InChI is InChI=1S/C13H13Br2NS/c1-16-12(8-9-6-7-13(15)17-9)10-4-2-3-5-11(10)14/h2-7,12,16H,8H2,1H3. The minimum atomic E-state index is 0.344. The van der Waals surface area contributed by atoms with Gasteiger partial charge in [0.05, 0.1) is 3.79 Å². The maximum absolute atomic E-state index is 3.61. The van der Waals surface area contributed by atoms with Gasteiger partial charge in [0.2, 0.25) is 0 Å². The Kier molecular flexibility index (Phi) is 4.79. The Hall–Kier alpha value is -0.160. The molecule has 1 atom stereocenters. The van der Waals surface area contributed by atoms with Crippen molar-refractivity contribution in [1.29, 1.82) is 0 Å². The van der Waals surface area contributed by atoms with E-state index in [4.69, 9.17) is 0 Å². The molecule has 0 saturated carbocycles. The molecular formula is C13H13Br2NS. The molecule has 90 valence electrons. The van der Waals surface area contributed by atoms with Crippen molar-refractivity contribution in [1.82, 2.24) is 5.32 Å². The third-order valence-electron chi connectivity index (χ3n) is 2.66. The molecule has 0 bridgehead atoms. The fourth-order valence-electron chi connectivity index (χ4n) is 1.79. The molecule has 1 aromatic heterocycles. The van der Waals surface area contributed by atoms with E-state index in [1.807, 2.05) is 13.1 Å². The number of rotatable bonds is 4. The van der Waals surface area contributed by atoms with Crippen LogP contribution in [0.15, 0.2) is 44.7 Å². The summed E-state index contributed by atoms with van der Waals surface area (Å²) in [6.07, 6.45) is 1.01. The summed E-state index contributed by atoms with van der Waals surface area (Å²) >= 11 is 8.91. The van der Waals surface area contributed by atoms with Gasteiger partial charge >= 0.3 is 0 Å². The second kappa shape index (κ2) is 6.14. The van der Waals surface area contributed by atoms with Gasteiger partial charge in [-0.3, -0.25) is 0 Å². The number of hydrogen-bond donors (Lipinski definition) is 1. The van der Waals surface area contributed by atoms with Crippen LogP contribution in [-0.2, 0) is 6.42 Å². The van der Waals surface area contributed by atoms with Gasteiger partial charge in [-0.15, -0.1) is 11.3 Å². The SMILES string of the molecule is CNC(Cc1ccc(Br)s1)c1ccccc1Br. The highest BCUT2D eigenvalue weighted by Gasteiger charge is 2.13. The van der Waals surface area contributed by atoms with Crippen molar-refractivity contribution < 1.29 is 0 Å². The van der Waals surface area contributed by atoms with Crippen molar-refractivity contribution in [3.8, 4) is 0 Å². The van der Waals surface area contributed by atoms with Crippen molar-refractivity contribution in [3.05, 3.63) is 55.1 Å². The summed E-state index contributed by atoms with van der Waals surface area (Å²) in [6, 6.07) is 13.0. The lowest BCUT2D eigenvalue weighted by Gasteiger charge is -2.17. The Labute approximate surface area is 123 Å². The minimum absolute atomic E-state index is 0.344. The Balaban J connectivity index is 2.20. The zero-order chi connectivity index (χ0) is 12.3. The van der Waals surface area contributed by atoms with Crippen molar-refractivity contribution >= 4 is 43.2 Å². The van der Waals surface area contributed by atoms with E-state index in [1.165, 1.54) is 14.2 Å². The van der Waals surface area contributed by atoms with Crippen molar-refractivity contribution in [2.24, 2.45) is 0 Å². The predicted octanol–water partition coefficient (Wildman–Crippen LogP) is 4.78. The highest BCUT2D eigenvalue weighted by Crippen LogP contribution is 2.29. The summed E-state index contributed by atoms with van der Waals surface area (Å²) < 4.78 is 2.35. The lowest BCUT2D eigenvalue weighted by molar-refractivity contribution is 0.594. The molecule has 0 aliphatic carbocycles. The monoisotopic (exact) mass is 373 g/mol. The largest absolute Gasteiger partial charge is 0.313 e. The maximum Gasteiger partial charge on any atom is 0.0701 e. The Bertz CT molecular complexity index is 496. The van der Waals surface area contributed by atoms with Gasteiger partial charge in [0.25, 0.3) is 0 Å². The van der Waals surface area contributed by atoms with Gasteiger partial charge in [-0.25, -0.2) is 0 Å². The second-order valence-electron chi connectivity index (χ2n) is 3.77. The molecule has 1 heterocycles. The molecular weight excluding hydrogens is 362 g/mol. The molecule has 1 aromatic carbocycles. The Morgan fingerprint density at radius 2 is 1.94 bits per heavy atom. The fourth-order valence-corrected chi connectivity index (χ4v) is 3.88. The van der Waals surface area contributed by atoms with E-state index in [2.05, 4.69) is 67.5 Å². The third kappa shape index (κ3) is 3.41. The summed E-state index contributed by atoms with van der Waals surface area (Å²) in [5, 5.41) is 3.38. The highest BCUT2D eigenvalue weighted by atomic mass is 79.9. The molecule has 0 aliphatic rings. The molecule has 0 fully saturated rings. The van der Waals surface area contributed by atoms with Crippen LogP contribution in [0.25, 0.3) is 0 Å². The van der Waals surface area contributed by atoms with Crippen LogP contribution in [0.3, 0.4) is 0 Å². The zero-order valence-corrected chi connectivity index (χ0v) is 13.4. The van der Waals surface area contributed by atoms with E-state index >= 15 is 0 Å². The maximum atomic E-state index is 3.61. The topological polar surface area (TPSA) is 12.0 Å². The number of nitrogens with one attached hydrogen (secondary N) is 1. The lowest BCUT2D eigenvalue weighted by Crippen LogP contribution is -2.18. The summed E-state index contributed by atoms with van der Waals surface area (Å²) in [6.45, 7) is 0. The predicted molar refractivity (Wildman–Crippen MR) is 81.7 cm³/mol. The van der Waals surface area contributed by atoms with Gasteiger partial charge in [0, 0.05) is 21.8 Å². The molecule has 0 amide bonds. The highest BCUT2D eigenvalue weighted by molar-refractivity contribution is 9.11. The van der Waals surface area contributed by atoms with Gasteiger partial charge in [-0.05, 0) is 46.7 Å². The van der Waals surface area contributed by atoms with E-state index < -0.39 is 0 Å². The zero-order valence-electron chi connectivity index (χ0n) is 9.41. The normalized spacial score (nSPS) is 12.6. The number of benzene rings is 1. The molecule has 0 aliphatic heterocycles. The second-order valence-corrected chi connectivity index (χ2v) is 7.17. The van der Waals surface area contributed by atoms with Crippen LogP contribution in [0.1, 0.15) is 16.5 Å². The molecule has 1 N–H and O–H groups in total. The van der Waals surface area contributed by atoms with Crippen LogP contribution in [0.4, 0.5) is 0 Å². The van der Waals surface area contributed by atoms with Gasteiger partial charge in [-0.2, -0.15) is 0 Å². The number of thiophene rings is 1. The van der Waals surface area contributed by atoms with E-state index in [1.54, 1.807) is 11.3 Å². The van der Waals surface area contributed by atoms with E-state index in [9.17, 15) is 0 Å². The van der Waals surface area contributed by atoms with E-state index in [-0.39, 0.29) is 0 Å². The molecule has 17 heavy (non-hydrogen) atoms. The summed E-state index contributed by atoms with van der Waals surface area (Å²) in [7, 11) is 2.01. The third-order valence-corrected chi connectivity index (χ3v) is 5.03. The summed E-state index contributed by atoms with van der Waals surface area (Å²) in [5.41, 5.74) is 1.31. The van der Waals surface area contributed by atoms with E-state index in [0.717, 1.165) is 10.9 Å². The molecule has 0 radical (unpaired) electrons. The molecule has 4 heteroatoms. The average Bonchev–Trinajstić information content (AvgIpc) is 2.73. The first-order valence-corrected chi connectivity index (χ1v) is 7.77. The van der Waals surface area contributed by atoms with E-state index in [0.29, 0.717) is 6.04 Å². The number of halogens is 2. The van der Waals surface area contributed by atoms with Gasteiger partial charge in [0.15, 0.2) is 0 Å². The molecule has 0 saturated heterocycles. The van der Waals surface area contributed by atoms with Crippen LogP contribution < -0.4 is 5.32 Å². The van der Waals surface area contributed by atoms with Gasteiger partial charge < -0.3 is 5.32 Å². The van der Waals surface area contributed by atoms with Crippen LogP contribution in [0.5, 0.6) is 0 Å². The molecule has 1 nitrogen and oxygen atoms in total. The van der Waals surface area contributed by atoms with Gasteiger partial charge in [-0.1, -0.05) is 34.1 Å². The number of hydrogen-bond acceptors (Lipinski definition) is 2.